The fraction of sp³-hybridized carbons (Fsp3) is 0. The average Bonchev–Trinajstić information content (AvgIpc) is 3.17. The smallest absolute Gasteiger partial charge is 0.0342 e. The zero-order valence-electron chi connectivity index (χ0n) is 13.1. The molecule has 0 spiro atoms. The minimum atomic E-state index is 0. The van der Waals surface area contributed by atoms with Crippen LogP contribution in [0.2, 0.25) is 0 Å². The van der Waals surface area contributed by atoms with Gasteiger partial charge in [-0.1, -0.05) is 84.9 Å². The van der Waals surface area contributed by atoms with Gasteiger partial charge in [0.15, 0.2) is 0 Å². The van der Waals surface area contributed by atoms with Gasteiger partial charge in [-0.3, -0.25) is 0 Å². The van der Waals surface area contributed by atoms with Gasteiger partial charge in [-0.2, -0.15) is 0 Å². The normalized spacial score (nSPS) is 10.2. The molecule has 2 radical (unpaired) electrons. The van der Waals surface area contributed by atoms with Crippen LogP contribution >= 0.6 is 11.3 Å². The first kappa shape index (κ1) is 16.7. The van der Waals surface area contributed by atoms with E-state index in [1.54, 1.807) is 11.3 Å². The molecule has 24 heavy (non-hydrogen) atoms. The molecule has 0 fully saturated rings. The van der Waals surface area contributed by atoms with E-state index in [4.69, 9.17) is 0 Å². The van der Waals surface area contributed by atoms with E-state index in [1.807, 2.05) is 0 Å². The molecular formula is C22H16SSe. The van der Waals surface area contributed by atoms with E-state index >= 15 is 0 Å². The van der Waals surface area contributed by atoms with Crippen molar-refractivity contribution < 1.29 is 0 Å². The van der Waals surface area contributed by atoms with Crippen molar-refractivity contribution in [2.45, 2.75) is 0 Å². The molecule has 0 bridgehead atoms. The van der Waals surface area contributed by atoms with Crippen molar-refractivity contribution in [2.24, 2.45) is 0 Å². The van der Waals surface area contributed by atoms with Crippen molar-refractivity contribution in [2.75, 3.05) is 0 Å². The third-order valence-electron chi connectivity index (χ3n) is 4.01. The molecule has 1 aromatic heterocycles. The SMILES string of the molecule is [Se].c1ccc(-c2ccccc2-c2ccc(-c3cccs3)cc2)cc1. The van der Waals surface area contributed by atoms with Crippen molar-refractivity contribution in [1.29, 1.82) is 0 Å². The van der Waals surface area contributed by atoms with Gasteiger partial charge in [0.1, 0.15) is 0 Å². The van der Waals surface area contributed by atoms with Crippen LogP contribution < -0.4 is 0 Å². The number of thiophene rings is 1. The Labute approximate surface area is 157 Å². The Morgan fingerprint density at radius 2 is 1.00 bits per heavy atom. The van der Waals surface area contributed by atoms with Crippen LogP contribution in [0.5, 0.6) is 0 Å². The topological polar surface area (TPSA) is 0 Å². The molecule has 0 atom stereocenters. The van der Waals surface area contributed by atoms with Crippen LogP contribution in [0, 0.1) is 0 Å². The van der Waals surface area contributed by atoms with Gasteiger partial charge in [-0.05, 0) is 39.3 Å². The Morgan fingerprint density at radius 1 is 0.458 bits per heavy atom. The predicted octanol–water partition coefficient (Wildman–Crippen LogP) is 6.37. The average molecular weight is 391 g/mol. The molecule has 0 aliphatic rings. The first-order valence-corrected chi connectivity index (χ1v) is 8.58. The predicted molar refractivity (Wildman–Crippen MR) is 106 cm³/mol. The van der Waals surface area contributed by atoms with E-state index in [1.165, 1.54) is 32.7 Å². The third kappa shape index (κ3) is 3.37. The largest absolute Gasteiger partial charge is 0.144 e. The van der Waals surface area contributed by atoms with Gasteiger partial charge in [0, 0.05) is 21.9 Å². The van der Waals surface area contributed by atoms with Crippen molar-refractivity contribution in [3.8, 4) is 32.7 Å². The van der Waals surface area contributed by atoms with E-state index in [0.29, 0.717) is 0 Å². The Kier molecular flexibility index (Phi) is 5.32. The zero-order valence-corrected chi connectivity index (χ0v) is 15.6. The summed E-state index contributed by atoms with van der Waals surface area (Å²) in [6, 6.07) is 32.3. The van der Waals surface area contributed by atoms with Gasteiger partial charge in [-0.25, -0.2) is 0 Å². The molecule has 0 unspecified atom stereocenters. The fourth-order valence-electron chi connectivity index (χ4n) is 2.86. The van der Waals surface area contributed by atoms with Gasteiger partial charge in [0.25, 0.3) is 0 Å². The molecule has 0 saturated carbocycles. The summed E-state index contributed by atoms with van der Waals surface area (Å²) in [5, 5.41) is 2.12. The zero-order chi connectivity index (χ0) is 15.5. The molecule has 0 N–H and O–H groups in total. The molecule has 116 valence electrons. The monoisotopic (exact) mass is 392 g/mol. The summed E-state index contributed by atoms with van der Waals surface area (Å²) < 4.78 is 0. The quantitative estimate of drug-likeness (QED) is 0.356. The Morgan fingerprint density at radius 3 is 1.58 bits per heavy atom. The van der Waals surface area contributed by atoms with Crippen LogP contribution in [-0.4, -0.2) is 17.1 Å². The van der Waals surface area contributed by atoms with Crippen LogP contribution in [-0.2, 0) is 0 Å². The summed E-state index contributed by atoms with van der Waals surface area (Å²) in [6.07, 6.45) is 0. The Balaban J connectivity index is 0.00000169. The molecule has 0 nitrogen and oxygen atoms in total. The van der Waals surface area contributed by atoms with Crippen LogP contribution in [0.15, 0.2) is 96.4 Å². The minimum Gasteiger partial charge on any atom is -0.144 e. The number of benzene rings is 3. The van der Waals surface area contributed by atoms with Crippen molar-refractivity contribution in [3.63, 3.8) is 0 Å². The van der Waals surface area contributed by atoms with Gasteiger partial charge in [0.2, 0.25) is 0 Å². The summed E-state index contributed by atoms with van der Waals surface area (Å²) in [5.74, 6) is 0. The maximum atomic E-state index is 2.22. The van der Waals surface area contributed by atoms with Gasteiger partial charge in [0.05, 0.1) is 0 Å². The molecule has 0 amide bonds. The van der Waals surface area contributed by atoms with E-state index in [9.17, 15) is 0 Å². The second-order valence-corrected chi connectivity index (χ2v) is 6.41. The third-order valence-corrected chi connectivity index (χ3v) is 4.93. The Hall–Kier alpha value is -2.12. The van der Waals surface area contributed by atoms with Crippen molar-refractivity contribution in [1.82, 2.24) is 0 Å². The van der Waals surface area contributed by atoms with Crippen LogP contribution in [0.1, 0.15) is 0 Å². The standard InChI is InChI=1S/C22H16S.Se/c1-2-7-17(8-3-1)20-9-4-5-10-21(20)18-12-14-19(15-13-18)22-11-6-16-23-22;/h1-16H;. The fourth-order valence-corrected chi connectivity index (χ4v) is 3.59. The summed E-state index contributed by atoms with van der Waals surface area (Å²) in [4.78, 5) is 1.31. The van der Waals surface area contributed by atoms with Crippen molar-refractivity contribution >= 4 is 28.4 Å². The molecule has 0 aliphatic carbocycles. The summed E-state index contributed by atoms with van der Waals surface area (Å²) in [7, 11) is 0. The maximum Gasteiger partial charge on any atom is 0.0342 e. The molecule has 0 aliphatic heterocycles. The van der Waals surface area contributed by atoms with Crippen LogP contribution in [0.4, 0.5) is 0 Å². The van der Waals surface area contributed by atoms with E-state index < -0.39 is 0 Å². The van der Waals surface area contributed by atoms with E-state index in [2.05, 4.69) is 96.4 Å². The minimum absolute atomic E-state index is 0. The van der Waals surface area contributed by atoms with Gasteiger partial charge in [-0.15, -0.1) is 11.3 Å². The summed E-state index contributed by atoms with van der Waals surface area (Å²) in [6.45, 7) is 0. The van der Waals surface area contributed by atoms with E-state index in [0.717, 1.165) is 0 Å². The molecule has 4 rings (SSSR count). The maximum absolute atomic E-state index is 2.22. The van der Waals surface area contributed by atoms with Crippen LogP contribution in [0.3, 0.4) is 0 Å². The molecular weight excluding hydrogens is 375 g/mol. The number of hydrogen-bond acceptors (Lipinski definition) is 1. The summed E-state index contributed by atoms with van der Waals surface area (Å²) in [5.41, 5.74) is 6.34. The van der Waals surface area contributed by atoms with Gasteiger partial charge < -0.3 is 0 Å². The van der Waals surface area contributed by atoms with Gasteiger partial charge >= 0.3 is 0 Å². The molecule has 1 heterocycles. The summed E-state index contributed by atoms with van der Waals surface area (Å²) >= 11 is 1.78. The first-order valence-electron chi connectivity index (χ1n) is 7.70. The van der Waals surface area contributed by atoms with E-state index in [-0.39, 0.29) is 17.1 Å². The number of rotatable bonds is 3. The van der Waals surface area contributed by atoms with Crippen molar-refractivity contribution in [3.05, 3.63) is 96.4 Å². The van der Waals surface area contributed by atoms with Crippen LogP contribution in [0.25, 0.3) is 32.7 Å². The molecule has 4 aromatic rings. The second kappa shape index (κ2) is 7.63. The molecule has 2 heteroatoms. The molecule has 0 saturated heterocycles. The Bertz CT molecular complexity index is 894. The molecule has 3 aromatic carbocycles. The number of hydrogen-bond donors (Lipinski definition) is 0. The second-order valence-electron chi connectivity index (χ2n) is 5.47. The first-order chi connectivity index (χ1) is 11.4.